The van der Waals surface area contributed by atoms with Crippen LogP contribution in [0.2, 0.25) is 0 Å². The molecule has 0 saturated heterocycles. The van der Waals surface area contributed by atoms with E-state index >= 15 is 0 Å². The van der Waals surface area contributed by atoms with Crippen molar-refractivity contribution in [1.82, 2.24) is 5.32 Å². The molecular weight excluding hydrogens is 420 g/mol. The summed E-state index contributed by atoms with van der Waals surface area (Å²) in [4.78, 5) is 12.5. The molecule has 0 aromatic heterocycles. The molecule has 0 unspecified atom stereocenters. The molecule has 0 radical (unpaired) electrons. The summed E-state index contributed by atoms with van der Waals surface area (Å²) in [7, 11) is -2.07. The highest BCUT2D eigenvalue weighted by Gasteiger charge is 2.24. The monoisotopic (exact) mass is 440 g/mol. The van der Waals surface area contributed by atoms with E-state index in [2.05, 4.69) is 21.2 Å². The number of para-hydroxylation sites is 2. The first-order valence-corrected chi connectivity index (χ1v) is 10.5. The summed E-state index contributed by atoms with van der Waals surface area (Å²) in [5, 5.41) is 2.82. The summed E-state index contributed by atoms with van der Waals surface area (Å²) < 4.78 is 31.3. The topological polar surface area (TPSA) is 75.7 Å². The van der Waals surface area contributed by atoms with Gasteiger partial charge in [0, 0.05) is 10.0 Å². The highest BCUT2D eigenvalue weighted by molar-refractivity contribution is 9.10. The van der Waals surface area contributed by atoms with Crippen molar-refractivity contribution in [2.75, 3.05) is 24.2 Å². The Bertz CT molecular complexity index is 886. The van der Waals surface area contributed by atoms with Crippen LogP contribution in [0.15, 0.2) is 53.0 Å². The van der Waals surface area contributed by atoms with Gasteiger partial charge in [-0.25, -0.2) is 8.42 Å². The van der Waals surface area contributed by atoms with Gasteiger partial charge in [-0.05, 0) is 41.1 Å². The minimum atomic E-state index is -3.63. The molecule has 0 aliphatic rings. The number of methoxy groups -OCH3 is 1. The van der Waals surface area contributed by atoms with Gasteiger partial charge in [0.15, 0.2) is 0 Å². The van der Waals surface area contributed by atoms with E-state index in [4.69, 9.17) is 4.74 Å². The molecule has 0 aliphatic heterocycles. The molecule has 0 aliphatic carbocycles. The fourth-order valence-corrected chi connectivity index (χ4v) is 4.04. The maximum absolute atomic E-state index is 12.5. The molecule has 8 heteroatoms. The molecule has 0 bridgehead atoms. The van der Waals surface area contributed by atoms with E-state index in [9.17, 15) is 13.2 Å². The van der Waals surface area contributed by atoms with Gasteiger partial charge in [0.25, 0.3) is 0 Å². The molecule has 2 aromatic rings. The average molecular weight is 441 g/mol. The summed E-state index contributed by atoms with van der Waals surface area (Å²) in [6.45, 7) is 1.50. The Balaban J connectivity index is 2.19. The van der Waals surface area contributed by atoms with Gasteiger partial charge in [0.1, 0.15) is 12.3 Å². The second kappa shape index (κ2) is 8.55. The van der Waals surface area contributed by atoms with Gasteiger partial charge in [-0.15, -0.1) is 0 Å². The zero-order valence-electron chi connectivity index (χ0n) is 14.8. The van der Waals surface area contributed by atoms with E-state index < -0.39 is 15.9 Å². The predicted molar refractivity (Wildman–Crippen MR) is 106 cm³/mol. The van der Waals surface area contributed by atoms with Crippen molar-refractivity contribution in [3.63, 3.8) is 0 Å². The molecule has 1 amide bonds. The largest absolute Gasteiger partial charge is 0.496 e. The van der Waals surface area contributed by atoms with Crippen LogP contribution in [-0.4, -0.2) is 34.2 Å². The number of hydrogen-bond acceptors (Lipinski definition) is 4. The lowest BCUT2D eigenvalue weighted by Crippen LogP contribution is -2.41. The van der Waals surface area contributed by atoms with Crippen molar-refractivity contribution in [3.05, 3.63) is 58.6 Å². The van der Waals surface area contributed by atoms with E-state index in [1.807, 2.05) is 31.2 Å². The number of carbonyl (C=O) groups is 1. The fraction of sp³-hybridized carbons (Fsp3) is 0.278. The summed E-state index contributed by atoms with van der Waals surface area (Å²) in [6, 6.07) is 13.9. The number of halogens is 1. The van der Waals surface area contributed by atoms with Crippen LogP contribution in [0, 0.1) is 0 Å². The number of sulfonamides is 1. The Hall–Kier alpha value is -2.06. The number of benzene rings is 2. The van der Waals surface area contributed by atoms with Gasteiger partial charge in [0.05, 0.1) is 25.1 Å². The van der Waals surface area contributed by atoms with E-state index in [0.717, 1.165) is 16.1 Å². The van der Waals surface area contributed by atoms with Crippen molar-refractivity contribution in [2.24, 2.45) is 0 Å². The van der Waals surface area contributed by atoms with Gasteiger partial charge in [-0.3, -0.25) is 9.10 Å². The molecule has 0 heterocycles. The standard InChI is InChI=1S/C18H21BrN2O4S/c1-13(14-8-4-7-11-17(14)25-2)20-18(22)12-21(26(3,23)24)16-10-6-5-9-15(16)19/h4-11,13H,12H2,1-3H3,(H,20,22)/t13-/m0/s1. The summed E-state index contributed by atoms with van der Waals surface area (Å²) >= 11 is 3.33. The Morgan fingerprint density at radius 2 is 1.81 bits per heavy atom. The highest BCUT2D eigenvalue weighted by Crippen LogP contribution is 2.28. The zero-order valence-corrected chi connectivity index (χ0v) is 17.2. The zero-order chi connectivity index (χ0) is 19.3. The van der Waals surface area contributed by atoms with Crippen LogP contribution in [0.5, 0.6) is 5.75 Å². The molecule has 6 nitrogen and oxygen atoms in total. The van der Waals surface area contributed by atoms with Crippen molar-refractivity contribution in [2.45, 2.75) is 13.0 Å². The van der Waals surface area contributed by atoms with Crippen LogP contribution in [-0.2, 0) is 14.8 Å². The molecule has 140 valence electrons. The smallest absolute Gasteiger partial charge is 0.241 e. The van der Waals surface area contributed by atoms with Gasteiger partial charge in [0.2, 0.25) is 15.9 Å². The number of anilines is 1. The van der Waals surface area contributed by atoms with E-state index in [-0.39, 0.29) is 12.6 Å². The quantitative estimate of drug-likeness (QED) is 0.717. The lowest BCUT2D eigenvalue weighted by atomic mass is 10.1. The van der Waals surface area contributed by atoms with Crippen LogP contribution in [0.4, 0.5) is 5.69 Å². The number of carbonyl (C=O) groups excluding carboxylic acids is 1. The maximum Gasteiger partial charge on any atom is 0.241 e. The molecule has 0 fully saturated rings. The highest BCUT2D eigenvalue weighted by atomic mass is 79.9. The van der Waals surface area contributed by atoms with Crippen molar-refractivity contribution in [3.8, 4) is 5.75 Å². The van der Waals surface area contributed by atoms with Gasteiger partial charge < -0.3 is 10.1 Å². The van der Waals surface area contributed by atoms with Crippen molar-refractivity contribution >= 4 is 37.5 Å². The normalized spacial score (nSPS) is 12.3. The van der Waals surface area contributed by atoms with Gasteiger partial charge in [-0.1, -0.05) is 30.3 Å². The SMILES string of the molecule is COc1ccccc1[C@H](C)NC(=O)CN(c1ccccc1Br)S(C)(=O)=O. The second-order valence-corrected chi connectivity index (χ2v) is 8.51. The molecule has 26 heavy (non-hydrogen) atoms. The Morgan fingerprint density at radius 1 is 1.19 bits per heavy atom. The molecule has 0 spiro atoms. The Kier molecular flexibility index (Phi) is 6.66. The third kappa shape index (κ3) is 4.98. The minimum Gasteiger partial charge on any atom is -0.496 e. The molecule has 1 atom stereocenters. The Labute approximate surface area is 162 Å². The second-order valence-electron chi connectivity index (χ2n) is 5.75. The fourth-order valence-electron chi connectivity index (χ4n) is 2.55. The lowest BCUT2D eigenvalue weighted by molar-refractivity contribution is -0.120. The number of amides is 1. The van der Waals surface area contributed by atoms with E-state index in [1.165, 1.54) is 0 Å². The van der Waals surface area contributed by atoms with E-state index in [1.54, 1.807) is 31.4 Å². The number of nitrogens with one attached hydrogen (secondary N) is 1. The van der Waals surface area contributed by atoms with Crippen LogP contribution in [0.3, 0.4) is 0 Å². The first-order valence-electron chi connectivity index (χ1n) is 7.88. The van der Waals surface area contributed by atoms with E-state index in [0.29, 0.717) is 15.9 Å². The maximum atomic E-state index is 12.5. The van der Waals surface area contributed by atoms with Gasteiger partial charge in [-0.2, -0.15) is 0 Å². The molecule has 1 N–H and O–H groups in total. The molecule has 2 aromatic carbocycles. The van der Waals surface area contributed by atoms with Crippen molar-refractivity contribution < 1.29 is 17.9 Å². The summed E-state index contributed by atoms with van der Waals surface area (Å²) in [5.74, 6) is 0.246. The number of ether oxygens (including phenoxy) is 1. The number of rotatable bonds is 7. The molecule has 0 saturated carbocycles. The predicted octanol–water partition coefficient (Wildman–Crippen LogP) is 3.10. The number of hydrogen-bond donors (Lipinski definition) is 1. The minimum absolute atomic E-state index is 0.319. The van der Waals surface area contributed by atoms with Crippen LogP contribution in [0.1, 0.15) is 18.5 Å². The first kappa shape index (κ1) is 20.3. The van der Waals surface area contributed by atoms with Gasteiger partial charge >= 0.3 is 0 Å². The van der Waals surface area contributed by atoms with Crippen LogP contribution < -0.4 is 14.4 Å². The third-order valence-corrected chi connectivity index (χ3v) is 5.59. The Morgan fingerprint density at radius 3 is 2.42 bits per heavy atom. The average Bonchev–Trinajstić information content (AvgIpc) is 2.59. The third-order valence-electron chi connectivity index (χ3n) is 3.79. The summed E-state index contributed by atoms with van der Waals surface area (Å²) in [6.07, 6.45) is 1.07. The number of nitrogens with zero attached hydrogens (tertiary/aromatic N) is 1. The van der Waals surface area contributed by atoms with Crippen LogP contribution >= 0.6 is 15.9 Å². The van der Waals surface area contributed by atoms with Crippen molar-refractivity contribution in [1.29, 1.82) is 0 Å². The molecular formula is C18H21BrN2O4S. The summed E-state index contributed by atoms with van der Waals surface area (Å²) in [5.41, 5.74) is 1.23. The molecule has 2 rings (SSSR count). The van der Waals surface area contributed by atoms with Crippen LogP contribution in [0.25, 0.3) is 0 Å². The lowest BCUT2D eigenvalue weighted by Gasteiger charge is -2.24. The first-order chi connectivity index (χ1) is 12.2.